The number of thioether (sulfide) groups is 1. The largest absolute Gasteiger partial charge is 0.332 e. The van der Waals surface area contributed by atoms with Gasteiger partial charge in [-0.15, -0.1) is 0 Å². The summed E-state index contributed by atoms with van der Waals surface area (Å²) in [5.41, 5.74) is 0.347. The Bertz CT molecular complexity index is 249. The minimum Gasteiger partial charge on any atom is -0.332 e. The van der Waals surface area contributed by atoms with E-state index in [2.05, 4.69) is 31.4 Å². The molecule has 2 fully saturated rings. The second kappa shape index (κ2) is 3.33. The summed E-state index contributed by atoms with van der Waals surface area (Å²) in [7, 11) is 0. The molecule has 0 bridgehead atoms. The number of fused-ring (bicyclic) bond motifs is 1. The van der Waals surface area contributed by atoms with Crippen LogP contribution >= 0.6 is 11.8 Å². The first-order valence-electron chi connectivity index (χ1n) is 5.14. The number of carbonyl (C=O) groups excluding carboxylic acids is 1. The van der Waals surface area contributed by atoms with Gasteiger partial charge >= 0.3 is 6.03 Å². The summed E-state index contributed by atoms with van der Waals surface area (Å²) in [4.78, 5) is 11.1. The second-order valence-electron chi connectivity index (χ2n) is 5.39. The molecule has 14 heavy (non-hydrogen) atoms. The Labute approximate surface area is 89.4 Å². The van der Waals surface area contributed by atoms with Crippen molar-refractivity contribution in [2.75, 3.05) is 5.75 Å². The summed E-state index contributed by atoms with van der Waals surface area (Å²) in [6.45, 7) is 6.77. The van der Waals surface area contributed by atoms with Crippen LogP contribution in [0.2, 0.25) is 0 Å². The zero-order chi connectivity index (χ0) is 10.3. The molecule has 80 valence electrons. The zero-order valence-electron chi connectivity index (χ0n) is 8.96. The van der Waals surface area contributed by atoms with Crippen molar-refractivity contribution in [1.82, 2.24) is 10.6 Å². The quantitative estimate of drug-likeness (QED) is 0.651. The predicted octanol–water partition coefficient (Wildman–Crippen LogP) is 1.59. The molecule has 4 heteroatoms. The molecule has 0 aliphatic carbocycles. The van der Waals surface area contributed by atoms with Gasteiger partial charge < -0.3 is 10.6 Å². The molecule has 0 saturated carbocycles. The molecule has 0 aromatic heterocycles. The van der Waals surface area contributed by atoms with Gasteiger partial charge in [0.1, 0.15) is 0 Å². The Kier molecular flexibility index (Phi) is 2.41. The van der Waals surface area contributed by atoms with E-state index in [-0.39, 0.29) is 6.03 Å². The zero-order valence-corrected chi connectivity index (χ0v) is 9.78. The van der Waals surface area contributed by atoms with Crippen molar-refractivity contribution in [1.29, 1.82) is 0 Å². The molecule has 2 amide bonds. The average molecular weight is 214 g/mol. The minimum atomic E-state index is 0.0132. The summed E-state index contributed by atoms with van der Waals surface area (Å²) in [5.74, 6) is 1.06. The van der Waals surface area contributed by atoms with Gasteiger partial charge in [0.25, 0.3) is 0 Å². The minimum absolute atomic E-state index is 0.0132. The smallest absolute Gasteiger partial charge is 0.315 e. The van der Waals surface area contributed by atoms with Crippen LogP contribution in [0, 0.1) is 5.41 Å². The van der Waals surface area contributed by atoms with E-state index in [1.807, 2.05) is 11.8 Å². The van der Waals surface area contributed by atoms with E-state index in [1.54, 1.807) is 0 Å². The van der Waals surface area contributed by atoms with Gasteiger partial charge in [0, 0.05) is 11.0 Å². The van der Waals surface area contributed by atoms with E-state index >= 15 is 0 Å². The van der Waals surface area contributed by atoms with E-state index in [1.165, 1.54) is 6.42 Å². The van der Waals surface area contributed by atoms with Crippen LogP contribution < -0.4 is 10.6 Å². The lowest BCUT2D eigenvalue weighted by molar-refractivity contribution is 0.246. The summed E-state index contributed by atoms with van der Waals surface area (Å²) < 4.78 is 0. The van der Waals surface area contributed by atoms with E-state index in [4.69, 9.17) is 0 Å². The van der Waals surface area contributed by atoms with Crippen LogP contribution in [0.4, 0.5) is 4.79 Å². The number of urea groups is 1. The summed E-state index contributed by atoms with van der Waals surface area (Å²) in [5, 5.41) is 6.56. The van der Waals surface area contributed by atoms with Crippen LogP contribution in [0.3, 0.4) is 0 Å². The average Bonchev–Trinajstić information content (AvgIpc) is 2.49. The van der Waals surface area contributed by atoms with Gasteiger partial charge in [0.05, 0.1) is 12.1 Å². The molecule has 2 heterocycles. The van der Waals surface area contributed by atoms with Crippen LogP contribution in [0.5, 0.6) is 0 Å². The molecular weight excluding hydrogens is 196 g/mol. The number of rotatable bonds is 1. The van der Waals surface area contributed by atoms with Crippen molar-refractivity contribution in [3.8, 4) is 0 Å². The van der Waals surface area contributed by atoms with Crippen LogP contribution in [0.15, 0.2) is 0 Å². The molecule has 3 atom stereocenters. The topological polar surface area (TPSA) is 41.1 Å². The molecule has 2 aliphatic rings. The van der Waals surface area contributed by atoms with Crippen LogP contribution in [0.25, 0.3) is 0 Å². The maximum absolute atomic E-state index is 11.1. The fourth-order valence-corrected chi connectivity index (χ4v) is 4.00. The third kappa shape index (κ3) is 2.00. The van der Waals surface area contributed by atoms with Crippen molar-refractivity contribution in [3.05, 3.63) is 0 Å². The molecule has 0 aromatic carbocycles. The Morgan fingerprint density at radius 3 is 2.79 bits per heavy atom. The lowest BCUT2D eigenvalue weighted by Crippen LogP contribution is -2.38. The lowest BCUT2D eigenvalue weighted by Gasteiger charge is -2.25. The molecule has 0 aromatic rings. The fourth-order valence-electron chi connectivity index (χ4n) is 2.17. The number of hydrogen-bond donors (Lipinski definition) is 2. The Morgan fingerprint density at radius 1 is 1.43 bits per heavy atom. The van der Waals surface area contributed by atoms with Crippen LogP contribution in [0.1, 0.15) is 27.2 Å². The highest BCUT2D eigenvalue weighted by Crippen LogP contribution is 2.37. The van der Waals surface area contributed by atoms with Gasteiger partial charge in [-0.25, -0.2) is 4.79 Å². The maximum atomic E-state index is 11.1. The van der Waals surface area contributed by atoms with Gasteiger partial charge in [-0.2, -0.15) is 11.8 Å². The van der Waals surface area contributed by atoms with Crippen LogP contribution in [-0.4, -0.2) is 29.1 Å². The van der Waals surface area contributed by atoms with Gasteiger partial charge in [-0.3, -0.25) is 0 Å². The second-order valence-corrected chi connectivity index (χ2v) is 6.66. The van der Waals surface area contributed by atoms with Crippen molar-refractivity contribution in [3.63, 3.8) is 0 Å². The highest BCUT2D eigenvalue weighted by molar-refractivity contribution is 8.00. The SMILES string of the molecule is CC(C)(C)CC1SCC2NC(=O)NC21. The first-order chi connectivity index (χ1) is 6.46. The third-order valence-corrected chi connectivity index (χ3v) is 4.19. The molecular formula is C10H18N2OS. The molecule has 2 saturated heterocycles. The highest BCUT2D eigenvalue weighted by Gasteiger charge is 2.43. The summed E-state index contributed by atoms with van der Waals surface area (Å²) in [6, 6.07) is 0.728. The summed E-state index contributed by atoms with van der Waals surface area (Å²) >= 11 is 1.99. The number of carbonyl (C=O) groups is 1. The van der Waals surface area contributed by atoms with E-state index < -0.39 is 0 Å². The molecule has 2 rings (SSSR count). The van der Waals surface area contributed by atoms with E-state index in [0.29, 0.717) is 22.7 Å². The van der Waals surface area contributed by atoms with Crippen molar-refractivity contribution < 1.29 is 4.79 Å². The monoisotopic (exact) mass is 214 g/mol. The first-order valence-corrected chi connectivity index (χ1v) is 6.19. The molecule has 2 aliphatic heterocycles. The van der Waals surface area contributed by atoms with Gasteiger partial charge in [0.15, 0.2) is 0 Å². The standard InChI is InChI=1S/C10H18N2OS/c1-10(2,3)4-7-8-6(5-14-7)11-9(13)12-8/h6-8H,4-5H2,1-3H3,(H2,11,12,13). The van der Waals surface area contributed by atoms with Gasteiger partial charge in [-0.05, 0) is 11.8 Å². The Morgan fingerprint density at radius 2 is 2.14 bits per heavy atom. The lowest BCUT2D eigenvalue weighted by atomic mass is 9.87. The first kappa shape index (κ1) is 10.1. The van der Waals surface area contributed by atoms with Crippen molar-refractivity contribution >= 4 is 17.8 Å². The number of amides is 2. The Balaban J connectivity index is 1.99. The fraction of sp³-hybridized carbons (Fsp3) is 0.900. The van der Waals surface area contributed by atoms with E-state index in [0.717, 1.165) is 5.75 Å². The summed E-state index contributed by atoms with van der Waals surface area (Å²) in [6.07, 6.45) is 1.17. The molecule has 3 unspecified atom stereocenters. The van der Waals surface area contributed by atoms with Gasteiger partial charge in [-0.1, -0.05) is 20.8 Å². The molecule has 2 N–H and O–H groups in total. The predicted molar refractivity (Wildman–Crippen MR) is 59.6 cm³/mol. The molecule has 3 nitrogen and oxygen atoms in total. The number of nitrogens with one attached hydrogen (secondary N) is 2. The molecule has 0 spiro atoms. The number of hydrogen-bond acceptors (Lipinski definition) is 2. The normalized spacial score (nSPS) is 36.5. The highest BCUT2D eigenvalue weighted by atomic mass is 32.2. The van der Waals surface area contributed by atoms with E-state index in [9.17, 15) is 4.79 Å². The molecule has 0 radical (unpaired) electrons. The third-order valence-electron chi connectivity index (χ3n) is 2.75. The van der Waals surface area contributed by atoms with Crippen molar-refractivity contribution in [2.24, 2.45) is 5.41 Å². The van der Waals surface area contributed by atoms with Crippen molar-refractivity contribution in [2.45, 2.75) is 44.5 Å². The van der Waals surface area contributed by atoms with Gasteiger partial charge in [0.2, 0.25) is 0 Å². The Hall–Kier alpha value is -0.380. The maximum Gasteiger partial charge on any atom is 0.315 e. The van der Waals surface area contributed by atoms with Crippen LogP contribution in [-0.2, 0) is 0 Å².